The van der Waals surface area contributed by atoms with Gasteiger partial charge >= 0.3 is 0 Å². The minimum absolute atomic E-state index is 0.161. The topological polar surface area (TPSA) is 106 Å². The third kappa shape index (κ3) is 1.86. The first-order valence-corrected chi connectivity index (χ1v) is 7.71. The molecule has 0 spiro atoms. The minimum atomic E-state index is -0.329. The summed E-state index contributed by atoms with van der Waals surface area (Å²) in [5.41, 5.74) is 2.60. The molecule has 0 aliphatic carbocycles. The fourth-order valence-electron chi connectivity index (χ4n) is 3.27. The fourth-order valence-corrected chi connectivity index (χ4v) is 3.27. The molecule has 118 valence electrons. The van der Waals surface area contributed by atoms with Crippen molar-refractivity contribution in [2.45, 2.75) is 12.5 Å². The molecule has 7 heteroatoms. The van der Waals surface area contributed by atoms with Crippen molar-refractivity contribution in [2.24, 2.45) is 5.92 Å². The average Bonchev–Trinajstić information content (AvgIpc) is 3.21. The molecule has 0 saturated carbocycles. The van der Waals surface area contributed by atoms with E-state index in [-0.39, 0.29) is 11.5 Å². The Bertz CT molecular complexity index is 994. The Morgan fingerprint density at radius 1 is 1.33 bits per heavy atom. The zero-order valence-electron chi connectivity index (χ0n) is 13.1. The molecule has 1 saturated heterocycles. The maximum atomic E-state index is 9.45. The van der Waals surface area contributed by atoms with Crippen LogP contribution in [-0.2, 0) is 5.54 Å². The summed E-state index contributed by atoms with van der Waals surface area (Å²) in [6.45, 7) is 3.34. The summed E-state index contributed by atoms with van der Waals surface area (Å²) < 4.78 is 1.87. The molecule has 0 aromatic carbocycles. The van der Waals surface area contributed by atoms with Crippen LogP contribution in [0.2, 0.25) is 0 Å². The molecule has 1 atom stereocenters. The molecule has 2 N–H and O–H groups in total. The van der Waals surface area contributed by atoms with E-state index in [0.717, 1.165) is 22.2 Å². The van der Waals surface area contributed by atoms with Crippen LogP contribution in [0.25, 0.3) is 22.2 Å². The van der Waals surface area contributed by atoms with Gasteiger partial charge in [0.15, 0.2) is 0 Å². The number of fused-ring (bicyclic) bond motifs is 1. The Hall–Kier alpha value is -3.16. The second kappa shape index (κ2) is 5.19. The zero-order valence-corrected chi connectivity index (χ0v) is 13.1. The van der Waals surface area contributed by atoms with Crippen molar-refractivity contribution in [3.05, 3.63) is 36.4 Å². The quantitative estimate of drug-likeness (QED) is 0.765. The molecule has 4 heterocycles. The normalized spacial score (nSPS) is 17.0. The molecule has 3 aromatic rings. The van der Waals surface area contributed by atoms with E-state index < -0.39 is 0 Å². The molecule has 0 radical (unpaired) electrons. The number of H-pyrrole nitrogens is 1. The molecule has 24 heavy (non-hydrogen) atoms. The first kappa shape index (κ1) is 14.4. The third-order valence-electron chi connectivity index (χ3n) is 4.90. The van der Waals surface area contributed by atoms with Crippen LogP contribution >= 0.6 is 0 Å². The molecule has 4 rings (SSSR count). The summed E-state index contributed by atoms with van der Waals surface area (Å²) in [7, 11) is 0. The molecule has 3 aromatic heterocycles. The van der Waals surface area contributed by atoms with Crippen molar-refractivity contribution in [3.63, 3.8) is 0 Å². The first-order valence-electron chi connectivity index (χ1n) is 7.71. The maximum absolute atomic E-state index is 9.45. The van der Waals surface area contributed by atoms with Crippen LogP contribution in [0, 0.1) is 28.6 Å². The monoisotopic (exact) mass is 317 g/mol. The number of pyridine rings is 1. The van der Waals surface area contributed by atoms with Crippen molar-refractivity contribution in [2.75, 3.05) is 13.1 Å². The van der Waals surface area contributed by atoms with Gasteiger partial charge in [0.1, 0.15) is 17.3 Å². The summed E-state index contributed by atoms with van der Waals surface area (Å²) in [6, 6.07) is 6.45. The highest BCUT2D eigenvalue weighted by Crippen LogP contribution is 2.34. The largest absolute Gasteiger partial charge is 0.346 e. The molecular formula is C17H15N7. The summed E-state index contributed by atoms with van der Waals surface area (Å²) in [5, 5.41) is 27.4. The standard InChI is InChI=1S/C17H15N7/c1-11(4-18)17(9-20-10-17)24-8-13(7-23-24)15-12(5-19)6-22-16-14(15)2-3-21-16/h2-3,6-8,11,20H,9-10H2,1H3,(H,21,22)/t11-/m0/s1. The predicted molar refractivity (Wildman–Crippen MR) is 87.7 cm³/mol. The molecular weight excluding hydrogens is 302 g/mol. The number of aromatic nitrogens is 4. The molecule has 1 fully saturated rings. The lowest BCUT2D eigenvalue weighted by Crippen LogP contribution is -2.64. The van der Waals surface area contributed by atoms with Gasteiger partial charge in [0.05, 0.1) is 23.7 Å². The lowest BCUT2D eigenvalue weighted by molar-refractivity contribution is 0.112. The van der Waals surface area contributed by atoms with Crippen LogP contribution in [0.3, 0.4) is 0 Å². The molecule has 7 nitrogen and oxygen atoms in total. The van der Waals surface area contributed by atoms with E-state index in [1.165, 1.54) is 0 Å². The smallest absolute Gasteiger partial charge is 0.137 e. The molecule has 0 bridgehead atoms. The zero-order chi connectivity index (χ0) is 16.7. The highest BCUT2D eigenvalue weighted by atomic mass is 15.4. The Kier molecular flexibility index (Phi) is 3.12. The number of hydrogen-bond donors (Lipinski definition) is 2. The van der Waals surface area contributed by atoms with Gasteiger partial charge in [-0.3, -0.25) is 4.68 Å². The third-order valence-corrected chi connectivity index (χ3v) is 4.90. The van der Waals surface area contributed by atoms with Crippen LogP contribution in [0.5, 0.6) is 0 Å². The number of nitrogens with zero attached hydrogens (tertiary/aromatic N) is 5. The number of hydrogen-bond acceptors (Lipinski definition) is 5. The van der Waals surface area contributed by atoms with Crippen molar-refractivity contribution in [3.8, 4) is 23.3 Å². The Morgan fingerprint density at radius 3 is 2.83 bits per heavy atom. The summed E-state index contributed by atoms with van der Waals surface area (Å²) in [5.74, 6) is -0.161. The predicted octanol–water partition coefficient (Wildman–Crippen LogP) is 1.76. The Labute approximate surface area is 138 Å². The van der Waals surface area contributed by atoms with E-state index in [2.05, 4.69) is 32.5 Å². The van der Waals surface area contributed by atoms with E-state index >= 15 is 0 Å². The van der Waals surface area contributed by atoms with E-state index in [1.54, 1.807) is 12.4 Å². The highest BCUT2D eigenvalue weighted by molar-refractivity contribution is 5.95. The van der Waals surface area contributed by atoms with Crippen molar-refractivity contribution in [1.82, 2.24) is 25.1 Å². The molecule has 1 aliphatic rings. The molecule has 0 unspecified atom stereocenters. The molecule has 1 aliphatic heterocycles. The van der Waals surface area contributed by atoms with Gasteiger partial charge in [-0.05, 0) is 13.0 Å². The van der Waals surface area contributed by atoms with Crippen LogP contribution < -0.4 is 5.32 Å². The highest BCUT2D eigenvalue weighted by Gasteiger charge is 2.45. The van der Waals surface area contributed by atoms with Gasteiger partial charge in [0.25, 0.3) is 0 Å². The van der Waals surface area contributed by atoms with Gasteiger partial charge in [0.2, 0.25) is 0 Å². The Morgan fingerprint density at radius 2 is 2.17 bits per heavy atom. The average molecular weight is 317 g/mol. The van der Waals surface area contributed by atoms with Crippen LogP contribution in [0.4, 0.5) is 0 Å². The van der Waals surface area contributed by atoms with Crippen molar-refractivity contribution in [1.29, 1.82) is 10.5 Å². The summed E-state index contributed by atoms with van der Waals surface area (Å²) in [6.07, 6.45) is 7.07. The van der Waals surface area contributed by atoms with E-state index in [9.17, 15) is 10.5 Å². The van der Waals surface area contributed by atoms with Gasteiger partial charge in [0, 0.05) is 48.2 Å². The second-order valence-electron chi connectivity index (χ2n) is 6.13. The SMILES string of the molecule is C[C@@H](C#N)C1(n2cc(-c3c(C#N)cnc4[nH]ccc34)cn2)CNC1. The van der Waals surface area contributed by atoms with Gasteiger partial charge < -0.3 is 10.3 Å². The maximum Gasteiger partial charge on any atom is 0.137 e. The summed E-state index contributed by atoms with van der Waals surface area (Å²) >= 11 is 0. The van der Waals surface area contributed by atoms with Gasteiger partial charge in [-0.25, -0.2) is 4.98 Å². The van der Waals surface area contributed by atoms with Crippen molar-refractivity contribution < 1.29 is 0 Å². The minimum Gasteiger partial charge on any atom is -0.346 e. The van der Waals surface area contributed by atoms with E-state index in [0.29, 0.717) is 18.7 Å². The lowest BCUT2D eigenvalue weighted by Gasteiger charge is -2.44. The first-order chi connectivity index (χ1) is 11.7. The van der Waals surface area contributed by atoms with Gasteiger partial charge in [-0.1, -0.05) is 0 Å². The number of aromatic amines is 1. The Balaban J connectivity index is 1.86. The van der Waals surface area contributed by atoms with Gasteiger partial charge in [-0.2, -0.15) is 15.6 Å². The van der Waals surface area contributed by atoms with E-state index in [1.807, 2.05) is 30.1 Å². The fraction of sp³-hybridized carbons (Fsp3) is 0.294. The summed E-state index contributed by atoms with van der Waals surface area (Å²) in [4.78, 5) is 7.33. The number of nitriles is 2. The number of nitrogens with one attached hydrogen (secondary N) is 2. The number of rotatable bonds is 3. The van der Waals surface area contributed by atoms with Crippen molar-refractivity contribution >= 4 is 11.0 Å². The van der Waals surface area contributed by atoms with Crippen LogP contribution in [0.1, 0.15) is 12.5 Å². The van der Waals surface area contributed by atoms with Crippen LogP contribution in [0.15, 0.2) is 30.9 Å². The van der Waals surface area contributed by atoms with Gasteiger partial charge in [-0.15, -0.1) is 0 Å². The van der Waals surface area contributed by atoms with Crippen LogP contribution in [-0.4, -0.2) is 32.8 Å². The lowest BCUT2D eigenvalue weighted by atomic mass is 9.81. The second-order valence-corrected chi connectivity index (χ2v) is 6.13. The molecule has 0 amide bonds. The van der Waals surface area contributed by atoms with E-state index in [4.69, 9.17) is 0 Å².